The number of nitrogens with one attached hydrogen (secondary N) is 1. The van der Waals surface area contributed by atoms with Gasteiger partial charge in [-0.15, -0.1) is 0 Å². The standard InChI is InChI=1S/C19H23NO3S/c1-15(8-9-16-6-4-3-5-7-16)20-19(21)18-12-10-17(11-13-18)14-24(2,22)23/h3-7,10-13,15H,8-9,14H2,1-2H3,(H,20,21)/t15-/m1/s1. The summed E-state index contributed by atoms with van der Waals surface area (Å²) in [5.74, 6) is -0.149. The van der Waals surface area contributed by atoms with E-state index < -0.39 is 9.84 Å². The van der Waals surface area contributed by atoms with Gasteiger partial charge in [0, 0.05) is 17.9 Å². The van der Waals surface area contributed by atoms with E-state index in [4.69, 9.17) is 0 Å². The summed E-state index contributed by atoms with van der Waals surface area (Å²) in [6.07, 6.45) is 2.97. The second kappa shape index (κ2) is 8.11. The third kappa shape index (κ3) is 6.16. The lowest BCUT2D eigenvalue weighted by Crippen LogP contribution is -2.32. The molecular formula is C19H23NO3S. The van der Waals surface area contributed by atoms with Crippen molar-refractivity contribution in [1.82, 2.24) is 5.32 Å². The molecule has 2 aromatic carbocycles. The Kier molecular flexibility index (Phi) is 6.15. The maximum atomic E-state index is 12.2. The van der Waals surface area contributed by atoms with Crippen molar-refractivity contribution in [3.8, 4) is 0 Å². The van der Waals surface area contributed by atoms with Gasteiger partial charge >= 0.3 is 0 Å². The molecule has 1 N–H and O–H groups in total. The van der Waals surface area contributed by atoms with Gasteiger partial charge in [-0.25, -0.2) is 8.42 Å². The maximum Gasteiger partial charge on any atom is 0.251 e. The second-order valence-electron chi connectivity index (χ2n) is 6.17. The highest BCUT2D eigenvalue weighted by molar-refractivity contribution is 7.89. The lowest BCUT2D eigenvalue weighted by molar-refractivity contribution is 0.0938. The van der Waals surface area contributed by atoms with E-state index in [1.54, 1.807) is 24.3 Å². The van der Waals surface area contributed by atoms with E-state index in [-0.39, 0.29) is 17.7 Å². The van der Waals surface area contributed by atoms with E-state index in [0.717, 1.165) is 12.8 Å². The summed E-state index contributed by atoms with van der Waals surface area (Å²) >= 11 is 0. The topological polar surface area (TPSA) is 63.2 Å². The zero-order chi connectivity index (χ0) is 17.6. The molecule has 0 fully saturated rings. The van der Waals surface area contributed by atoms with Gasteiger partial charge in [0.15, 0.2) is 9.84 Å². The van der Waals surface area contributed by atoms with Crippen LogP contribution in [0.1, 0.15) is 34.8 Å². The summed E-state index contributed by atoms with van der Waals surface area (Å²) in [4.78, 5) is 12.2. The molecule has 0 bridgehead atoms. The molecule has 0 aliphatic heterocycles. The predicted molar refractivity (Wildman–Crippen MR) is 96.7 cm³/mol. The summed E-state index contributed by atoms with van der Waals surface area (Å²) in [5.41, 5.74) is 2.48. The molecule has 0 spiro atoms. The van der Waals surface area contributed by atoms with Gasteiger partial charge in [0.2, 0.25) is 0 Å². The zero-order valence-electron chi connectivity index (χ0n) is 14.0. The molecule has 0 saturated carbocycles. The number of aryl methyl sites for hydroxylation is 1. The summed E-state index contributed by atoms with van der Waals surface area (Å²) in [6.45, 7) is 1.98. The van der Waals surface area contributed by atoms with Gasteiger partial charge in [-0.05, 0) is 43.0 Å². The van der Waals surface area contributed by atoms with Crippen LogP contribution in [0.2, 0.25) is 0 Å². The van der Waals surface area contributed by atoms with Gasteiger partial charge < -0.3 is 5.32 Å². The molecule has 2 aromatic rings. The van der Waals surface area contributed by atoms with E-state index in [2.05, 4.69) is 17.4 Å². The Hall–Kier alpha value is -2.14. The highest BCUT2D eigenvalue weighted by Gasteiger charge is 2.11. The molecule has 4 nitrogen and oxygen atoms in total. The Morgan fingerprint density at radius 3 is 2.21 bits per heavy atom. The summed E-state index contributed by atoms with van der Waals surface area (Å²) in [7, 11) is -3.06. The molecule has 128 valence electrons. The van der Waals surface area contributed by atoms with Crippen LogP contribution in [0.3, 0.4) is 0 Å². The first-order valence-corrected chi connectivity index (χ1v) is 10.0. The SMILES string of the molecule is C[C@H](CCc1ccccc1)NC(=O)c1ccc(CS(C)(=O)=O)cc1. The molecule has 0 aliphatic rings. The lowest BCUT2D eigenvalue weighted by Gasteiger charge is -2.14. The minimum Gasteiger partial charge on any atom is -0.350 e. The van der Waals surface area contributed by atoms with Gasteiger partial charge in [0.25, 0.3) is 5.91 Å². The molecule has 0 saturated heterocycles. The Balaban J connectivity index is 1.87. The first kappa shape index (κ1) is 18.2. The fourth-order valence-corrected chi connectivity index (χ4v) is 3.26. The number of hydrogen-bond donors (Lipinski definition) is 1. The van der Waals surface area contributed by atoms with Crippen molar-refractivity contribution in [3.63, 3.8) is 0 Å². The van der Waals surface area contributed by atoms with Crippen molar-refractivity contribution in [2.75, 3.05) is 6.26 Å². The average Bonchev–Trinajstić information content (AvgIpc) is 2.53. The van der Waals surface area contributed by atoms with Crippen LogP contribution in [0, 0.1) is 0 Å². The Bertz CT molecular complexity index is 768. The Labute approximate surface area is 143 Å². The van der Waals surface area contributed by atoms with Crippen molar-refractivity contribution in [2.24, 2.45) is 0 Å². The quantitative estimate of drug-likeness (QED) is 0.839. The summed E-state index contributed by atoms with van der Waals surface area (Å²) in [5, 5.41) is 2.98. The number of rotatable bonds is 7. The van der Waals surface area contributed by atoms with Crippen LogP contribution < -0.4 is 5.32 Å². The van der Waals surface area contributed by atoms with Crippen molar-refractivity contribution in [3.05, 3.63) is 71.3 Å². The first-order valence-electron chi connectivity index (χ1n) is 7.95. The van der Waals surface area contributed by atoms with E-state index in [1.807, 2.05) is 25.1 Å². The molecule has 1 atom stereocenters. The third-order valence-corrected chi connectivity index (χ3v) is 4.59. The number of carbonyl (C=O) groups excluding carboxylic acids is 1. The highest BCUT2D eigenvalue weighted by atomic mass is 32.2. The molecular weight excluding hydrogens is 322 g/mol. The van der Waals surface area contributed by atoms with E-state index in [0.29, 0.717) is 11.1 Å². The molecule has 0 heterocycles. The summed E-state index contributed by atoms with van der Waals surface area (Å²) < 4.78 is 22.5. The molecule has 0 radical (unpaired) electrons. The van der Waals surface area contributed by atoms with Crippen LogP contribution in [0.5, 0.6) is 0 Å². The molecule has 1 amide bonds. The molecule has 2 rings (SSSR count). The molecule has 5 heteroatoms. The highest BCUT2D eigenvalue weighted by Crippen LogP contribution is 2.09. The molecule has 24 heavy (non-hydrogen) atoms. The summed E-state index contributed by atoms with van der Waals surface area (Å²) in [6, 6.07) is 16.9. The fraction of sp³-hybridized carbons (Fsp3) is 0.316. The number of carbonyl (C=O) groups is 1. The van der Waals surface area contributed by atoms with Crippen molar-refractivity contribution in [2.45, 2.75) is 31.6 Å². The van der Waals surface area contributed by atoms with Crippen LogP contribution in [0.25, 0.3) is 0 Å². The number of benzene rings is 2. The van der Waals surface area contributed by atoms with Crippen LogP contribution in [-0.4, -0.2) is 26.6 Å². The average molecular weight is 345 g/mol. The van der Waals surface area contributed by atoms with Crippen LogP contribution in [0.4, 0.5) is 0 Å². The Morgan fingerprint density at radius 2 is 1.62 bits per heavy atom. The van der Waals surface area contributed by atoms with Crippen molar-refractivity contribution >= 4 is 15.7 Å². The van der Waals surface area contributed by atoms with Crippen LogP contribution in [-0.2, 0) is 22.0 Å². The lowest BCUT2D eigenvalue weighted by atomic mass is 10.1. The van der Waals surface area contributed by atoms with Crippen LogP contribution >= 0.6 is 0 Å². The van der Waals surface area contributed by atoms with Crippen molar-refractivity contribution in [1.29, 1.82) is 0 Å². The van der Waals surface area contributed by atoms with Gasteiger partial charge in [-0.2, -0.15) is 0 Å². The monoisotopic (exact) mass is 345 g/mol. The maximum absolute atomic E-state index is 12.2. The van der Waals surface area contributed by atoms with Gasteiger partial charge in [0.05, 0.1) is 5.75 Å². The second-order valence-corrected chi connectivity index (χ2v) is 8.31. The van der Waals surface area contributed by atoms with Gasteiger partial charge in [-0.1, -0.05) is 42.5 Å². The normalized spacial score (nSPS) is 12.6. The van der Waals surface area contributed by atoms with E-state index in [9.17, 15) is 13.2 Å². The number of hydrogen-bond acceptors (Lipinski definition) is 3. The number of sulfone groups is 1. The Morgan fingerprint density at radius 1 is 1.00 bits per heavy atom. The largest absolute Gasteiger partial charge is 0.350 e. The fourth-order valence-electron chi connectivity index (χ4n) is 2.46. The molecule has 0 unspecified atom stereocenters. The van der Waals surface area contributed by atoms with Crippen LogP contribution in [0.15, 0.2) is 54.6 Å². The first-order chi connectivity index (χ1) is 11.3. The minimum absolute atomic E-state index is 0.0115. The predicted octanol–water partition coefficient (Wildman–Crippen LogP) is 2.98. The minimum atomic E-state index is -3.06. The smallest absolute Gasteiger partial charge is 0.251 e. The van der Waals surface area contributed by atoms with E-state index in [1.165, 1.54) is 11.8 Å². The van der Waals surface area contributed by atoms with Gasteiger partial charge in [0.1, 0.15) is 0 Å². The van der Waals surface area contributed by atoms with E-state index >= 15 is 0 Å². The third-order valence-electron chi connectivity index (χ3n) is 3.73. The zero-order valence-corrected chi connectivity index (χ0v) is 14.8. The van der Waals surface area contributed by atoms with Gasteiger partial charge in [-0.3, -0.25) is 4.79 Å². The van der Waals surface area contributed by atoms with Crippen molar-refractivity contribution < 1.29 is 13.2 Å². The molecule has 0 aliphatic carbocycles. The molecule has 0 aromatic heterocycles. The number of amides is 1.